The van der Waals surface area contributed by atoms with Gasteiger partial charge in [0.25, 0.3) is 5.91 Å². The van der Waals surface area contributed by atoms with Crippen LogP contribution in [-0.4, -0.2) is 27.2 Å². The lowest BCUT2D eigenvalue weighted by Gasteiger charge is -2.15. The average molecular weight is 440 g/mol. The molecule has 26 heavy (non-hydrogen) atoms. The van der Waals surface area contributed by atoms with Crippen LogP contribution >= 0.6 is 15.9 Å². The first-order valence-electron chi connectivity index (χ1n) is 8.21. The highest BCUT2D eigenvalue weighted by molar-refractivity contribution is 9.10. The van der Waals surface area contributed by atoms with E-state index < -0.39 is 9.84 Å². The van der Waals surface area contributed by atoms with Crippen LogP contribution in [0, 0.1) is 0 Å². The summed E-state index contributed by atoms with van der Waals surface area (Å²) < 4.78 is 29.4. The molecule has 140 valence electrons. The number of benzene rings is 2. The third-order valence-corrected chi connectivity index (χ3v) is 5.70. The van der Waals surface area contributed by atoms with Crippen LogP contribution < -0.4 is 10.1 Å². The molecule has 0 aliphatic heterocycles. The van der Waals surface area contributed by atoms with E-state index in [1.807, 2.05) is 25.1 Å². The number of amides is 1. The van der Waals surface area contributed by atoms with E-state index in [0.717, 1.165) is 22.7 Å². The number of aryl methyl sites for hydroxylation is 1. The molecule has 2 rings (SSSR count). The number of sulfone groups is 1. The van der Waals surface area contributed by atoms with E-state index in [1.165, 1.54) is 17.7 Å². The van der Waals surface area contributed by atoms with E-state index >= 15 is 0 Å². The zero-order chi connectivity index (χ0) is 19.3. The Morgan fingerprint density at radius 2 is 1.85 bits per heavy atom. The Morgan fingerprint density at radius 1 is 1.19 bits per heavy atom. The van der Waals surface area contributed by atoms with Crippen molar-refractivity contribution in [1.82, 2.24) is 5.32 Å². The van der Waals surface area contributed by atoms with E-state index in [1.54, 1.807) is 12.1 Å². The number of ether oxygens (including phenoxy) is 1. The highest BCUT2D eigenvalue weighted by atomic mass is 79.9. The summed E-state index contributed by atoms with van der Waals surface area (Å²) >= 11 is 3.44. The molecule has 0 heterocycles. The summed E-state index contributed by atoms with van der Waals surface area (Å²) in [6.07, 6.45) is 2.09. The lowest BCUT2D eigenvalue weighted by molar-refractivity contribution is -0.123. The zero-order valence-electron chi connectivity index (χ0n) is 15.0. The highest BCUT2D eigenvalue weighted by Crippen LogP contribution is 2.26. The molecule has 0 aliphatic carbocycles. The van der Waals surface area contributed by atoms with Crippen LogP contribution in [0.15, 0.2) is 51.8 Å². The second kappa shape index (κ2) is 8.68. The summed E-state index contributed by atoms with van der Waals surface area (Å²) in [4.78, 5) is 12.4. The number of hydrogen-bond donors (Lipinski definition) is 1. The van der Waals surface area contributed by atoms with Gasteiger partial charge in [-0.3, -0.25) is 4.79 Å². The number of halogens is 1. The second-order valence-electron chi connectivity index (χ2n) is 6.04. The van der Waals surface area contributed by atoms with Crippen molar-refractivity contribution in [2.75, 3.05) is 12.9 Å². The zero-order valence-corrected chi connectivity index (χ0v) is 17.4. The smallest absolute Gasteiger partial charge is 0.258 e. The molecular formula is C19H22BrNO4S. The van der Waals surface area contributed by atoms with Gasteiger partial charge in [0.1, 0.15) is 5.75 Å². The highest BCUT2D eigenvalue weighted by Gasteiger charge is 2.13. The van der Waals surface area contributed by atoms with Crippen LogP contribution in [0.1, 0.15) is 31.0 Å². The minimum absolute atomic E-state index is 0.101. The summed E-state index contributed by atoms with van der Waals surface area (Å²) in [6, 6.07) is 12.0. The molecule has 1 N–H and O–H groups in total. The lowest BCUT2D eigenvalue weighted by atomic mass is 10.1. The third-order valence-electron chi connectivity index (χ3n) is 3.95. The number of carbonyl (C=O) groups is 1. The fraction of sp³-hybridized carbons (Fsp3) is 0.316. The predicted molar refractivity (Wildman–Crippen MR) is 105 cm³/mol. The van der Waals surface area contributed by atoms with Crippen molar-refractivity contribution in [2.45, 2.75) is 31.2 Å². The molecule has 0 fully saturated rings. The van der Waals surface area contributed by atoms with Gasteiger partial charge in [-0.15, -0.1) is 0 Å². The fourth-order valence-electron chi connectivity index (χ4n) is 2.39. The van der Waals surface area contributed by atoms with Crippen molar-refractivity contribution in [3.05, 3.63) is 58.1 Å². The third kappa shape index (κ3) is 5.57. The Morgan fingerprint density at radius 3 is 2.38 bits per heavy atom. The predicted octanol–water partition coefficient (Wildman–Crippen LogP) is 3.67. The van der Waals surface area contributed by atoms with Gasteiger partial charge in [-0.2, -0.15) is 0 Å². The van der Waals surface area contributed by atoms with Crippen LogP contribution in [-0.2, 0) is 21.1 Å². The van der Waals surface area contributed by atoms with Crippen LogP contribution in [0.2, 0.25) is 0 Å². The van der Waals surface area contributed by atoms with Crippen molar-refractivity contribution < 1.29 is 17.9 Å². The number of hydrogen-bond acceptors (Lipinski definition) is 4. The van der Waals surface area contributed by atoms with Gasteiger partial charge in [0.15, 0.2) is 16.4 Å². The quantitative estimate of drug-likeness (QED) is 0.713. The Labute approximate surface area is 162 Å². The van der Waals surface area contributed by atoms with Crippen molar-refractivity contribution in [3.8, 4) is 5.75 Å². The maximum absolute atomic E-state index is 12.1. The Bertz CT molecular complexity index is 879. The Balaban J connectivity index is 1.93. The van der Waals surface area contributed by atoms with Gasteiger partial charge < -0.3 is 10.1 Å². The molecule has 1 amide bonds. The molecule has 0 saturated heterocycles. The Hall–Kier alpha value is -1.86. The molecule has 2 aromatic carbocycles. The normalized spacial score (nSPS) is 12.5. The lowest BCUT2D eigenvalue weighted by Crippen LogP contribution is -2.31. The van der Waals surface area contributed by atoms with Crippen molar-refractivity contribution in [2.24, 2.45) is 0 Å². The monoisotopic (exact) mass is 439 g/mol. The minimum atomic E-state index is -3.23. The minimum Gasteiger partial charge on any atom is -0.483 e. The Kier molecular flexibility index (Phi) is 6.83. The SMILES string of the molecule is CCc1ccc(OCC(=O)NC(C)c2ccc(S(C)(=O)=O)cc2)c(Br)c1. The van der Waals surface area contributed by atoms with Crippen LogP contribution in [0.3, 0.4) is 0 Å². The molecule has 1 unspecified atom stereocenters. The molecule has 0 spiro atoms. The van der Waals surface area contributed by atoms with E-state index in [-0.39, 0.29) is 23.5 Å². The van der Waals surface area contributed by atoms with E-state index in [4.69, 9.17) is 4.74 Å². The standard InChI is InChI=1S/C19H22BrNO4S/c1-4-14-5-10-18(17(20)11-14)25-12-19(22)21-13(2)15-6-8-16(9-7-15)26(3,23)24/h5-11,13H,4,12H2,1-3H3,(H,21,22). The van der Waals surface area contributed by atoms with Crippen LogP contribution in [0.4, 0.5) is 0 Å². The summed E-state index contributed by atoms with van der Waals surface area (Å²) in [5, 5.41) is 2.84. The largest absolute Gasteiger partial charge is 0.483 e. The van der Waals surface area contributed by atoms with Crippen LogP contribution in [0.25, 0.3) is 0 Å². The number of nitrogens with one attached hydrogen (secondary N) is 1. The number of carbonyl (C=O) groups excluding carboxylic acids is 1. The summed E-state index contributed by atoms with van der Waals surface area (Å²) in [5.41, 5.74) is 2.00. The van der Waals surface area contributed by atoms with Crippen molar-refractivity contribution in [3.63, 3.8) is 0 Å². The summed E-state index contributed by atoms with van der Waals surface area (Å²) in [5.74, 6) is 0.360. The van der Waals surface area contributed by atoms with Gasteiger partial charge in [-0.25, -0.2) is 8.42 Å². The fourth-order valence-corrected chi connectivity index (χ4v) is 3.57. The van der Waals surface area contributed by atoms with Gasteiger partial charge in [-0.05, 0) is 64.7 Å². The first kappa shape index (κ1) is 20.5. The second-order valence-corrected chi connectivity index (χ2v) is 8.91. The maximum atomic E-state index is 12.1. The summed E-state index contributed by atoms with van der Waals surface area (Å²) in [7, 11) is -3.23. The number of rotatable bonds is 7. The molecule has 0 radical (unpaired) electrons. The molecule has 5 nitrogen and oxygen atoms in total. The molecule has 0 bridgehead atoms. The molecule has 1 atom stereocenters. The summed E-state index contributed by atoms with van der Waals surface area (Å²) in [6.45, 7) is 3.80. The van der Waals surface area contributed by atoms with Gasteiger partial charge >= 0.3 is 0 Å². The van der Waals surface area contributed by atoms with Gasteiger partial charge in [0.05, 0.1) is 15.4 Å². The maximum Gasteiger partial charge on any atom is 0.258 e. The van der Waals surface area contributed by atoms with Crippen LogP contribution in [0.5, 0.6) is 5.75 Å². The van der Waals surface area contributed by atoms with Gasteiger partial charge in [0, 0.05) is 6.26 Å². The van der Waals surface area contributed by atoms with Crippen molar-refractivity contribution >= 4 is 31.7 Å². The van der Waals surface area contributed by atoms with E-state index in [2.05, 4.69) is 28.2 Å². The van der Waals surface area contributed by atoms with Gasteiger partial charge in [0.2, 0.25) is 0 Å². The molecule has 7 heteroatoms. The van der Waals surface area contributed by atoms with E-state index in [0.29, 0.717) is 5.75 Å². The molecule has 2 aromatic rings. The first-order valence-corrected chi connectivity index (χ1v) is 10.9. The van der Waals surface area contributed by atoms with Crippen molar-refractivity contribution in [1.29, 1.82) is 0 Å². The molecule has 0 aromatic heterocycles. The first-order chi connectivity index (χ1) is 12.2. The average Bonchev–Trinajstić information content (AvgIpc) is 2.59. The topological polar surface area (TPSA) is 72.5 Å². The molecule has 0 aliphatic rings. The molecule has 0 saturated carbocycles. The van der Waals surface area contributed by atoms with Gasteiger partial charge in [-0.1, -0.05) is 25.1 Å². The molecular weight excluding hydrogens is 418 g/mol. The van der Waals surface area contributed by atoms with E-state index in [9.17, 15) is 13.2 Å².